The third-order valence-corrected chi connectivity index (χ3v) is 5.16. The number of para-hydroxylation sites is 1. The quantitative estimate of drug-likeness (QED) is 0.841. The molecule has 0 saturated carbocycles. The lowest BCUT2D eigenvalue weighted by molar-refractivity contribution is -0.132. The summed E-state index contributed by atoms with van der Waals surface area (Å²) in [5.41, 5.74) is 2.40. The van der Waals surface area contributed by atoms with Crippen LogP contribution in [0, 0.1) is 0 Å². The molecule has 1 aromatic carbocycles. The summed E-state index contributed by atoms with van der Waals surface area (Å²) in [6, 6.07) is 9.45. The lowest BCUT2D eigenvalue weighted by atomic mass is 10.1. The number of likely N-dealkylation sites (N-methyl/N-ethyl adjacent to an activating group) is 1. The molecule has 1 amide bonds. The van der Waals surface area contributed by atoms with Crippen LogP contribution in [0.15, 0.2) is 36.5 Å². The van der Waals surface area contributed by atoms with Crippen molar-refractivity contribution in [3.8, 4) is 5.75 Å². The van der Waals surface area contributed by atoms with Gasteiger partial charge < -0.3 is 14.5 Å². The summed E-state index contributed by atoms with van der Waals surface area (Å²) in [4.78, 5) is 26.0. The van der Waals surface area contributed by atoms with Crippen molar-refractivity contribution in [2.45, 2.75) is 25.3 Å². The smallest absolute Gasteiger partial charge is 0.260 e. The van der Waals surface area contributed by atoms with Crippen molar-refractivity contribution >= 4 is 5.91 Å². The standard InChI is InChI=1S/C20H24N4O2/c1-23-9-8-18-16(12-23)11-21-20(22-18)15-7-10-24(13-15)19(25)14-26-17-5-3-2-4-6-17/h2-6,11,15H,7-10,12-14H2,1H3. The van der Waals surface area contributed by atoms with Gasteiger partial charge in [0.1, 0.15) is 11.6 Å². The van der Waals surface area contributed by atoms with Crippen molar-refractivity contribution in [1.82, 2.24) is 19.8 Å². The molecule has 1 atom stereocenters. The first-order valence-corrected chi connectivity index (χ1v) is 9.18. The summed E-state index contributed by atoms with van der Waals surface area (Å²) in [5.74, 6) is 1.85. The number of carbonyl (C=O) groups is 1. The van der Waals surface area contributed by atoms with E-state index in [1.54, 1.807) is 0 Å². The minimum atomic E-state index is 0.0240. The first-order chi connectivity index (χ1) is 12.7. The van der Waals surface area contributed by atoms with Crippen LogP contribution in [0.4, 0.5) is 0 Å². The van der Waals surface area contributed by atoms with Gasteiger partial charge in [0.05, 0.1) is 0 Å². The van der Waals surface area contributed by atoms with Crippen LogP contribution in [-0.4, -0.2) is 59.0 Å². The number of benzene rings is 1. The molecular formula is C20H24N4O2. The molecule has 1 fully saturated rings. The average molecular weight is 352 g/mol. The number of ether oxygens (including phenoxy) is 1. The topological polar surface area (TPSA) is 58.6 Å². The second-order valence-electron chi connectivity index (χ2n) is 7.11. The highest BCUT2D eigenvalue weighted by molar-refractivity contribution is 5.78. The number of amides is 1. The molecule has 2 aromatic rings. The summed E-state index contributed by atoms with van der Waals surface area (Å²) in [6.07, 6.45) is 3.85. The van der Waals surface area contributed by atoms with Crippen molar-refractivity contribution in [2.75, 3.05) is 33.3 Å². The fourth-order valence-corrected chi connectivity index (χ4v) is 3.62. The zero-order valence-electron chi connectivity index (χ0n) is 15.1. The summed E-state index contributed by atoms with van der Waals surface area (Å²) >= 11 is 0. The van der Waals surface area contributed by atoms with Crippen LogP contribution in [0.5, 0.6) is 5.75 Å². The van der Waals surface area contributed by atoms with E-state index in [0.717, 1.165) is 44.0 Å². The van der Waals surface area contributed by atoms with Crippen molar-refractivity contribution in [2.24, 2.45) is 0 Å². The SMILES string of the molecule is CN1CCc2nc(C3CCN(C(=O)COc4ccccc4)C3)ncc2C1. The van der Waals surface area contributed by atoms with E-state index in [4.69, 9.17) is 9.72 Å². The highest BCUT2D eigenvalue weighted by atomic mass is 16.5. The number of fused-ring (bicyclic) bond motifs is 1. The van der Waals surface area contributed by atoms with Crippen LogP contribution in [0.25, 0.3) is 0 Å². The Bertz CT molecular complexity index is 781. The van der Waals surface area contributed by atoms with Crippen LogP contribution in [-0.2, 0) is 17.8 Å². The van der Waals surface area contributed by atoms with Gasteiger partial charge in [0, 0.05) is 56.0 Å². The Morgan fingerprint density at radius 1 is 1.27 bits per heavy atom. The zero-order chi connectivity index (χ0) is 17.9. The van der Waals surface area contributed by atoms with E-state index in [0.29, 0.717) is 6.54 Å². The zero-order valence-corrected chi connectivity index (χ0v) is 15.1. The lowest BCUT2D eigenvalue weighted by Crippen LogP contribution is -2.33. The van der Waals surface area contributed by atoms with Gasteiger partial charge in [0.25, 0.3) is 5.91 Å². The Kier molecular flexibility index (Phi) is 4.84. The van der Waals surface area contributed by atoms with E-state index in [-0.39, 0.29) is 18.4 Å². The van der Waals surface area contributed by atoms with Crippen molar-refractivity contribution in [1.29, 1.82) is 0 Å². The average Bonchev–Trinajstić information content (AvgIpc) is 3.17. The molecule has 0 N–H and O–H groups in total. The number of likely N-dealkylation sites (tertiary alicyclic amines) is 1. The highest BCUT2D eigenvalue weighted by Gasteiger charge is 2.30. The summed E-state index contributed by atoms with van der Waals surface area (Å²) in [6.45, 7) is 3.45. The maximum atomic E-state index is 12.4. The van der Waals surface area contributed by atoms with E-state index in [9.17, 15) is 4.79 Å². The van der Waals surface area contributed by atoms with Crippen LogP contribution < -0.4 is 4.74 Å². The van der Waals surface area contributed by atoms with E-state index in [1.165, 1.54) is 11.3 Å². The molecule has 1 unspecified atom stereocenters. The Hall–Kier alpha value is -2.47. The maximum absolute atomic E-state index is 12.4. The molecule has 26 heavy (non-hydrogen) atoms. The minimum Gasteiger partial charge on any atom is -0.484 e. The van der Waals surface area contributed by atoms with Gasteiger partial charge in [-0.05, 0) is 25.6 Å². The number of rotatable bonds is 4. The largest absolute Gasteiger partial charge is 0.484 e. The fourth-order valence-electron chi connectivity index (χ4n) is 3.62. The molecule has 0 bridgehead atoms. The Labute approximate surface area is 153 Å². The predicted molar refractivity (Wildman–Crippen MR) is 97.9 cm³/mol. The predicted octanol–water partition coefficient (Wildman–Crippen LogP) is 1.86. The van der Waals surface area contributed by atoms with Crippen LogP contribution in [0.3, 0.4) is 0 Å². The third kappa shape index (κ3) is 3.70. The molecule has 0 spiro atoms. The second-order valence-corrected chi connectivity index (χ2v) is 7.11. The van der Waals surface area contributed by atoms with E-state index in [2.05, 4.69) is 16.9 Å². The Morgan fingerprint density at radius 3 is 2.96 bits per heavy atom. The first-order valence-electron chi connectivity index (χ1n) is 9.18. The molecule has 0 aliphatic carbocycles. The molecule has 1 saturated heterocycles. The van der Waals surface area contributed by atoms with Gasteiger partial charge in [-0.3, -0.25) is 4.79 Å². The number of aromatic nitrogens is 2. The summed E-state index contributed by atoms with van der Waals surface area (Å²) in [5, 5.41) is 0. The summed E-state index contributed by atoms with van der Waals surface area (Å²) < 4.78 is 5.58. The molecule has 2 aliphatic heterocycles. The van der Waals surface area contributed by atoms with Crippen molar-refractivity contribution < 1.29 is 9.53 Å². The molecule has 4 rings (SSSR count). The monoisotopic (exact) mass is 352 g/mol. The number of nitrogens with zero attached hydrogens (tertiary/aromatic N) is 4. The van der Waals surface area contributed by atoms with Crippen molar-refractivity contribution in [3.05, 3.63) is 53.6 Å². The second kappa shape index (κ2) is 7.41. The molecule has 6 nitrogen and oxygen atoms in total. The lowest BCUT2D eigenvalue weighted by Gasteiger charge is -2.24. The van der Waals surface area contributed by atoms with E-state index >= 15 is 0 Å². The molecule has 0 radical (unpaired) electrons. The Balaban J connectivity index is 1.35. The Morgan fingerprint density at radius 2 is 2.12 bits per heavy atom. The van der Waals surface area contributed by atoms with Crippen LogP contribution in [0.2, 0.25) is 0 Å². The highest BCUT2D eigenvalue weighted by Crippen LogP contribution is 2.26. The van der Waals surface area contributed by atoms with Gasteiger partial charge >= 0.3 is 0 Å². The third-order valence-electron chi connectivity index (χ3n) is 5.16. The molecule has 2 aliphatic rings. The van der Waals surface area contributed by atoms with Gasteiger partial charge in [0.15, 0.2) is 6.61 Å². The van der Waals surface area contributed by atoms with Gasteiger partial charge in [-0.2, -0.15) is 0 Å². The van der Waals surface area contributed by atoms with Gasteiger partial charge in [-0.1, -0.05) is 18.2 Å². The van der Waals surface area contributed by atoms with Gasteiger partial charge in [-0.15, -0.1) is 0 Å². The van der Waals surface area contributed by atoms with Crippen LogP contribution in [0.1, 0.15) is 29.4 Å². The fraction of sp³-hybridized carbons (Fsp3) is 0.450. The molecular weight excluding hydrogens is 328 g/mol. The normalized spacial score (nSPS) is 20.0. The van der Waals surface area contributed by atoms with Crippen LogP contribution >= 0.6 is 0 Å². The maximum Gasteiger partial charge on any atom is 0.260 e. The van der Waals surface area contributed by atoms with Gasteiger partial charge in [0.2, 0.25) is 0 Å². The van der Waals surface area contributed by atoms with E-state index in [1.807, 2.05) is 41.4 Å². The minimum absolute atomic E-state index is 0.0240. The number of hydrogen-bond acceptors (Lipinski definition) is 5. The molecule has 6 heteroatoms. The first kappa shape index (κ1) is 17.0. The molecule has 1 aromatic heterocycles. The molecule has 3 heterocycles. The summed E-state index contributed by atoms with van der Waals surface area (Å²) in [7, 11) is 2.12. The van der Waals surface area contributed by atoms with Crippen molar-refractivity contribution in [3.63, 3.8) is 0 Å². The number of hydrogen-bond donors (Lipinski definition) is 0. The molecule has 136 valence electrons. The van der Waals surface area contributed by atoms with E-state index < -0.39 is 0 Å². The number of carbonyl (C=O) groups excluding carboxylic acids is 1. The van der Waals surface area contributed by atoms with Gasteiger partial charge in [-0.25, -0.2) is 9.97 Å².